The Balaban J connectivity index is 0.000000222. The zero-order valence-electron chi connectivity index (χ0n) is 70.9. The van der Waals surface area contributed by atoms with Gasteiger partial charge in [-0.2, -0.15) is 0 Å². The number of aryl methyl sites for hydroxylation is 5. The average Bonchev–Trinajstić information content (AvgIpc) is 0.782. The zero-order chi connectivity index (χ0) is 81.7. The minimum Gasteiger partial charge on any atom is -0.512 e. The molecule has 0 fully saturated rings. The van der Waals surface area contributed by atoms with E-state index in [1.807, 2.05) is 168 Å². The first-order chi connectivity index (χ1) is 54.6. The van der Waals surface area contributed by atoms with Gasteiger partial charge in [0.25, 0.3) is 0 Å². The predicted octanol–water partition coefficient (Wildman–Crippen LogP) is 25.9. The molecule has 573 valence electrons. The summed E-state index contributed by atoms with van der Waals surface area (Å²) in [6, 6.07) is 103. The Kier molecular flexibility index (Phi) is 34.0. The number of hydrogen-bond donors (Lipinski definition) is 1. The van der Waals surface area contributed by atoms with Crippen molar-refractivity contribution in [1.29, 1.82) is 0 Å². The normalized spacial score (nSPS) is 11.6. The maximum Gasteiger partial charge on any atom is 0.159 e. The molecule has 9 aromatic carbocycles. The van der Waals surface area contributed by atoms with Crippen LogP contribution in [0.1, 0.15) is 115 Å². The van der Waals surface area contributed by atoms with E-state index in [4.69, 9.17) is 13.2 Å². The van der Waals surface area contributed by atoms with E-state index in [0.717, 1.165) is 85.6 Å². The van der Waals surface area contributed by atoms with Gasteiger partial charge < -0.3 is 25.0 Å². The van der Waals surface area contributed by atoms with Crippen LogP contribution in [0.4, 0.5) is 0 Å². The Morgan fingerprint density at radius 2 is 0.874 bits per heavy atom. The van der Waals surface area contributed by atoms with Gasteiger partial charge in [0.05, 0.1) is 11.3 Å². The fourth-order valence-electron chi connectivity index (χ4n) is 11.9. The van der Waals surface area contributed by atoms with Crippen LogP contribution in [0.15, 0.2) is 297 Å². The van der Waals surface area contributed by atoms with Gasteiger partial charge in [-0.25, -0.2) is 0 Å². The molecular formula is C101H100Ir3N5O2-5. The molecule has 5 heterocycles. The number of hydrogen-bond acceptors (Lipinski definition) is 7. The number of aliphatic hydroxyl groups excluding tert-OH is 1. The van der Waals surface area contributed by atoms with Crippen LogP contribution in [0, 0.1) is 88.5 Å². The van der Waals surface area contributed by atoms with Crippen molar-refractivity contribution in [3.8, 4) is 89.7 Å². The van der Waals surface area contributed by atoms with Crippen LogP contribution >= 0.6 is 0 Å². The van der Waals surface area contributed by atoms with Crippen LogP contribution in [-0.2, 0) is 78.0 Å². The van der Waals surface area contributed by atoms with Gasteiger partial charge in [0, 0.05) is 118 Å². The number of carbonyl (C=O) groups excluding carboxylic acids is 1. The predicted molar refractivity (Wildman–Crippen MR) is 452 cm³/mol. The van der Waals surface area contributed by atoms with Crippen molar-refractivity contribution >= 4 is 16.7 Å². The zero-order valence-corrected chi connectivity index (χ0v) is 72.1. The summed E-state index contributed by atoms with van der Waals surface area (Å²) in [5, 5.41) is 10.6. The standard InChI is InChI=1S/C27H26N.C21H20N.C18H14N.2C12H10N.C11H20O2.3Ir/c1-18(2)12-23-17-27(24-14-19(3)13-20(4)15-24)28-26-11-10-22(16-25(23)26)21-8-6-5-7-9-21;1-16(2)14-17-8-10-18(11-9-17)20-12-13-22-21(15-20)19-6-4-3-5-7-19;1-14-10-11-18(19-13-14)17-9-5-8-16(12-17)15-6-3-2-4-7-15;2*1-10-7-8-12(13-9-10)11-5-3-2-4-6-11;1-8(2)5-10(12)7-11(13)6-9(3)4;;;/h5-11,13-14,16-18H,12H2,1-4H3;3-6,8-13,15-16H,14H2,1-2H3;2-8,10-13H,1H3;2*2-5,7-9H,1H3;7-9,12H,5-6H2,1-4H3;;;/q5*-1;;;;/i;;2*1D3;;;;;. The average molecular weight is 2000 g/mol. The molecule has 0 aliphatic heterocycles. The summed E-state index contributed by atoms with van der Waals surface area (Å²) in [4.78, 5) is 33.4. The summed E-state index contributed by atoms with van der Waals surface area (Å²) >= 11 is 0. The van der Waals surface area contributed by atoms with Gasteiger partial charge in [0.15, 0.2) is 5.78 Å². The van der Waals surface area contributed by atoms with E-state index in [2.05, 4.69) is 201 Å². The van der Waals surface area contributed by atoms with Crippen LogP contribution in [-0.4, -0.2) is 35.8 Å². The van der Waals surface area contributed by atoms with Gasteiger partial charge in [0.1, 0.15) is 0 Å². The minimum absolute atomic E-state index is 0. The molecule has 111 heavy (non-hydrogen) atoms. The number of ketones is 1. The molecule has 14 aromatic rings. The summed E-state index contributed by atoms with van der Waals surface area (Å²) in [6.45, 7) is 19.1. The number of allylic oxidation sites excluding steroid dienone is 2. The van der Waals surface area contributed by atoms with E-state index in [9.17, 15) is 9.90 Å². The van der Waals surface area contributed by atoms with Gasteiger partial charge in [0.2, 0.25) is 0 Å². The van der Waals surface area contributed by atoms with Crippen molar-refractivity contribution in [3.63, 3.8) is 0 Å². The van der Waals surface area contributed by atoms with E-state index >= 15 is 0 Å². The molecule has 0 atom stereocenters. The van der Waals surface area contributed by atoms with Crippen molar-refractivity contribution in [2.75, 3.05) is 0 Å². The molecule has 10 heteroatoms. The summed E-state index contributed by atoms with van der Waals surface area (Å²) in [5.41, 5.74) is 24.3. The smallest absolute Gasteiger partial charge is 0.159 e. The Labute approximate surface area is 710 Å². The van der Waals surface area contributed by atoms with E-state index in [1.54, 1.807) is 30.3 Å². The van der Waals surface area contributed by atoms with E-state index in [0.29, 0.717) is 42.2 Å². The van der Waals surface area contributed by atoms with Crippen molar-refractivity contribution in [2.45, 2.75) is 116 Å². The summed E-state index contributed by atoms with van der Waals surface area (Å²) in [5.74, 6) is 2.25. The van der Waals surface area contributed by atoms with Crippen LogP contribution in [0.3, 0.4) is 0 Å². The first-order valence-electron chi connectivity index (χ1n) is 39.9. The van der Waals surface area contributed by atoms with Crippen molar-refractivity contribution in [3.05, 3.63) is 367 Å². The van der Waals surface area contributed by atoms with Gasteiger partial charge in [-0.3, -0.25) is 9.78 Å². The molecule has 0 aliphatic carbocycles. The number of pyridine rings is 5. The molecule has 3 radical (unpaired) electrons. The van der Waals surface area contributed by atoms with E-state index in [1.165, 1.54) is 68.4 Å². The summed E-state index contributed by atoms with van der Waals surface area (Å²) < 4.78 is 43.8. The van der Waals surface area contributed by atoms with Crippen molar-refractivity contribution < 1.29 is 78.4 Å². The number of rotatable bonds is 17. The first kappa shape index (κ1) is 80.7. The molecule has 5 aromatic heterocycles. The van der Waals surface area contributed by atoms with Crippen molar-refractivity contribution in [2.24, 2.45) is 23.7 Å². The third-order valence-electron chi connectivity index (χ3n) is 16.9. The number of aromatic nitrogens is 5. The molecule has 0 spiro atoms. The number of nitrogens with zero attached hydrogens (tertiary/aromatic N) is 5. The van der Waals surface area contributed by atoms with Crippen LogP contribution in [0.2, 0.25) is 0 Å². The fraction of sp³-hybridized carbons (Fsp3) is 0.208. The van der Waals surface area contributed by atoms with Crippen LogP contribution < -0.4 is 0 Å². The SMILES string of the molecule is CC(C)CC(=O)C=C(O)CC(C)C.CC(C)Cc1ccc(-c2ccnc(-c3[c-]cccc3)c2)cc1.Cc1[c-]c(-c2cc(CC(C)C)c3cc(-c4ccccc4)ccc3n2)cc(C)c1.Cc1ccc(-c2[c-]cccc2)nc1.[2H]C([2H])([2H])c1ccc(-c2[c-]ccc(-c3ccccc3)c2)nc1.[2H]C([2H])([2H])c1ccc(-c2[c-]cccc2)nc1.[Ir].[Ir].[Ir]. The number of benzene rings is 9. The Morgan fingerprint density at radius 1 is 0.396 bits per heavy atom. The first-order valence-corrected chi connectivity index (χ1v) is 36.9. The van der Waals surface area contributed by atoms with Gasteiger partial charge >= 0.3 is 0 Å². The second-order valence-electron chi connectivity index (χ2n) is 28.4. The monoisotopic (exact) mass is 2000 g/mol. The Bertz CT molecular complexity index is 5310. The van der Waals surface area contributed by atoms with E-state index in [-0.39, 0.29) is 83.0 Å². The second-order valence-corrected chi connectivity index (χ2v) is 28.4. The summed E-state index contributed by atoms with van der Waals surface area (Å²) in [7, 11) is 0. The molecular weight excluding hydrogens is 1890 g/mol. The number of carbonyl (C=O) groups is 1. The molecule has 0 saturated carbocycles. The third kappa shape index (κ3) is 30.1. The minimum atomic E-state index is -2.12. The molecule has 7 nitrogen and oxygen atoms in total. The van der Waals surface area contributed by atoms with Gasteiger partial charge in [-0.15, -0.1) is 178 Å². The van der Waals surface area contributed by atoms with Crippen LogP contribution in [0.5, 0.6) is 0 Å². The van der Waals surface area contributed by atoms with Crippen LogP contribution in [0.25, 0.3) is 101 Å². The quantitative estimate of drug-likeness (QED) is 0.0550. The second kappa shape index (κ2) is 46.7. The number of aliphatic hydroxyl groups is 1. The van der Waals surface area contributed by atoms with Crippen molar-refractivity contribution in [1.82, 2.24) is 24.9 Å². The fourth-order valence-corrected chi connectivity index (χ4v) is 11.9. The molecule has 14 rings (SSSR count). The molecule has 0 aliphatic rings. The maximum atomic E-state index is 11.2. The Hall–Kier alpha value is -9.85. The molecule has 0 unspecified atom stereocenters. The third-order valence-corrected chi connectivity index (χ3v) is 16.9. The molecule has 1 N–H and O–H groups in total. The van der Waals surface area contributed by atoms with Gasteiger partial charge in [-0.1, -0.05) is 209 Å². The molecule has 0 bridgehead atoms. The largest absolute Gasteiger partial charge is 0.512 e. The maximum absolute atomic E-state index is 11.2. The Morgan fingerprint density at radius 3 is 1.36 bits per heavy atom. The topological polar surface area (TPSA) is 102 Å². The van der Waals surface area contributed by atoms with Gasteiger partial charge in [-0.05, 0) is 159 Å². The molecule has 0 saturated heterocycles. The summed E-state index contributed by atoms with van der Waals surface area (Å²) in [6.07, 6.45) is 11.2. The number of fused-ring (bicyclic) bond motifs is 1. The van der Waals surface area contributed by atoms with E-state index < -0.39 is 13.7 Å². The molecule has 0 amide bonds.